The van der Waals surface area contributed by atoms with Crippen molar-refractivity contribution < 1.29 is 23.9 Å². The number of hydrogen-bond acceptors (Lipinski definition) is 3. The Kier molecular flexibility index (Phi) is 5.46. The number of carbonyl (C=O) groups excluding carboxylic acids is 2. The zero-order valence-electron chi connectivity index (χ0n) is 14.1. The predicted octanol–water partition coefficient (Wildman–Crippen LogP) is 2.37. The smallest absolute Gasteiger partial charge is 0.330 e. The van der Waals surface area contributed by atoms with E-state index < -0.39 is 29.7 Å². The zero-order valence-corrected chi connectivity index (χ0v) is 14.8. The number of benzene rings is 1. The van der Waals surface area contributed by atoms with E-state index in [0.29, 0.717) is 25.9 Å². The third kappa shape index (κ3) is 4.15. The molecule has 140 valence electrons. The van der Waals surface area contributed by atoms with E-state index in [1.807, 2.05) is 0 Å². The molecule has 8 heteroatoms. The minimum atomic E-state index is -1.37. The van der Waals surface area contributed by atoms with Crippen LogP contribution in [0.4, 0.5) is 4.39 Å². The van der Waals surface area contributed by atoms with Gasteiger partial charge in [0.15, 0.2) is 6.04 Å². The number of piperidine rings is 1. The van der Waals surface area contributed by atoms with Crippen molar-refractivity contribution in [3.05, 3.63) is 34.6 Å². The van der Waals surface area contributed by atoms with E-state index in [2.05, 4.69) is 5.32 Å². The molecular formula is C18H20ClFN2O4. The predicted molar refractivity (Wildman–Crippen MR) is 92.0 cm³/mol. The van der Waals surface area contributed by atoms with E-state index in [0.717, 1.165) is 18.9 Å². The van der Waals surface area contributed by atoms with Crippen LogP contribution in [0, 0.1) is 17.7 Å². The lowest BCUT2D eigenvalue weighted by Crippen LogP contribution is -2.47. The molecule has 1 aliphatic carbocycles. The van der Waals surface area contributed by atoms with Crippen LogP contribution >= 0.6 is 11.6 Å². The lowest BCUT2D eigenvalue weighted by molar-refractivity contribution is -0.144. The highest BCUT2D eigenvalue weighted by atomic mass is 35.5. The van der Waals surface area contributed by atoms with Crippen LogP contribution in [0.2, 0.25) is 5.02 Å². The maximum absolute atomic E-state index is 13.6. The largest absolute Gasteiger partial charge is 0.479 e. The molecule has 0 bridgehead atoms. The summed E-state index contributed by atoms with van der Waals surface area (Å²) < 4.78 is 13.6. The Labute approximate surface area is 155 Å². The molecular weight excluding hydrogens is 363 g/mol. The number of aliphatic carboxylic acids is 1. The van der Waals surface area contributed by atoms with E-state index in [9.17, 15) is 23.9 Å². The topological polar surface area (TPSA) is 86.7 Å². The molecule has 1 heterocycles. The number of halogens is 2. The molecule has 1 saturated carbocycles. The van der Waals surface area contributed by atoms with Gasteiger partial charge in [0.25, 0.3) is 0 Å². The van der Waals surface area contributed by atoms with Gasteiger partial charge in [0.05, 0.1) is 10.9 Å². The van der Waals surface area contributed by atoms with Gasteiger partial charge in [-0.3, -0.25) is 9.59 Å². The molecule has 2 aliphatic rings. The summed E-state index contributed by atoms with van der Waals surface area (Å²) in [5, 5.41) is 11.8. The highest BCUT2D eigenvalue weighted by molar-refractivity contribution is 6.30. The summed E-state index contributed by atoms with van der Waals surface area (Å²) in [5.41, 5.74) is 0.106. The van der Waals surface area contributed by atoms with Gasteiger partial charge < -0.3 is 15.3 Å². The minimum Gasteiger partial charge on any atom is -0.479 e. The number of carboxylic acid groups (broad SMARTS) is 1. The Balaban J connectivity index is 1.68. The molecule has 2 amide bonds. The first-order chi connectivity index (χ1) is 12.4. The van der Waals surface area contributed by atoms with Crippen molar-refractivity contribution in [3.8, 4) is 0 Å². The van der Waals surface area contributed by atoms with E-state index in [-0.39, 0.29) is 22.4 Å². The van der Waals surface area contributed by atoms with Gasteiger partial charge in [0, 0.05) is 19.0 Å². The van der Waals surface area contributed by atoms with Gasteiger partial charge in [0.2, 0.25) is 11.8 Å². The van der Waals surface area contributed by atoms with E-state index >= 15 is 0 Å². The average molecular weight is 383 g/mol. The van der Waals surface area contributed by atoms with Gasteiger partial charge in [-0.1, -0.05) is 17.7 Å². The number of rotatable bonds is 5. The number of nitrogens with zero attached hydrogens (tertiary/aromatic N) is 1. The maximum Gasteiger partial charge on any atom is 0.330 e. The van der Waals surface area contributed by atoms with Crippen LogP contribution in [0.3, 0.4) is 0 Å². The van der Waals surface area contributed by atoms with Crippen LogP contribution in [0.15, 0.2) is 18.2 Å². The van der Waals surface area contributed by atoms with Crippen molar-refractivity contribution in [2.24, 2.45) is 11.8 Å². The molecule has 26 heavy (non-hydrogen) atoms. The van der Waals surface area contributed by atoms with Crippen molar-refractivity contribution >= 4 is 29.4 Å². The monoisotopic (exact) mass is 382 g/mol. The van der Waals surface area contributed by atoms with E-state index in [1.165, 1.54) is 12.1 Å². The lowest BCUT2D eigenvalue weighted by Gasteiger charge is -2.32. The van der Waals surface area contributed by atoms with Crippen molar-refractivity contribution in [1.29, 1.82) is 0 Å². The van der Waals surface area contributed by atoms with Gasteiger partial charge in [-0.05, 0) is 43.4 Å². The second-order valence-electron chi connectivity index (χ2n) is 6.85. The van der Waals surface area contributed by atoms with Crippen molar-refractivity contribution in [1.82, 2.24) is 10.2 Å². The third-order valence-corrected chi connectivity index (χ3v) is 5.15. The van der Waals surface area contributed by atoms with Crippen LogP contribution < -0.4 is 5.32 Å². The molecule has 2 unspecified atom stereocenters. The molecule has 1 aromatic carbocycles. The second kappa shape index (κ2) is 7.61. The Bertz CT molecular complexity index is 738. The first-order valence-corrected chi connectivity index (χ1v) is 9.01. The molecule has 1 aromatic rings. The molecule has 2 N–H and O–H groups in total. The van der Waals surface area contributed by atoms with E-state index in [1.54, 1.807) is 4.90 Å². The number of likely N-dealkylation sites (tertiary alicyclic amines) is 1. The normalized spacial score (nSPS) is 21.2. The first-order valence-electron chi connectivity index (χ1n) is 8.63. The highest BCUT2D eigenvalue weighted by Crippen LogP contribution is 2.32. The fourth-order valence-corrected chi connectivity index (χ4v) is 3.34. The van der Waals surface area contributed by atoms with Crippen LogP contribution in [0.5, 0.6) is 0 Å². The summed E-state index contributed by atoms with van der Waals surface area (Å²) in [6, 6.07) is 2.26. The Morgan fingerprint density at radius 1 is 1.23 bits per heavy atom. The summed E-state index contributed by atoms with van der Waals surface area (Å²) in [5.74, 6) is -2.78. The molecule has 6 nitrogen and oxygen atoms in total. The van der Waals surface area contributed by atoms with Crippen molar-refractivity contribution in [2.75, 3.05) is 13.1 Å². The molecule has 0 spiro atoms. The summed E-state index contributed by atoms with van der Waals surface area (Å²) in [7, 11) is 0. The third-order valence-electron chi connectivity index (χ3n) is 4.84. The number of carbonyl (C=O) groups is 3. The van der Waals surface area contributed by atoms with Crippen molar-refractivity contribution in [2.45, 2.75) is 31.7 Å². The lowest BCUT2D eigenvalue weighted by atomic mass is 9.95. The number of carboxylic acids is 1. The molecule has 2 fully saturated rings. The standard InChI is InChI=1S/C18H20ClFN2O4/c19-13-6-5-11(8-14(13)20)15(18(25)26)21-16(23)12-2-1-7-22(9-12)17(24)10-3-4-10/h5-6,8,10,12,15H,1-4,7,9H2,(H,21,23)(H,25,26). The van der Waals surface area contributed by atoms with Gasteiger partial charge >= 0.3 is 5.97 Å². The highest BCUT2D eigenvalue weighted by Gasteiger charge is 2.37. The molecule has 0 aromatic heterocycles. The first kappa shape index (κ1) is 18.6. The minimum absolute atomic E-state index is 0.0806. The molecule has 1 aliphatic heterocycles. The van der Waals surface area contributed by atoms with Crippen LogP contribution in [0.25, 0.3) is 0 Å². The van der Waals surface area contributed by atoms with Gasteiger partial charge in [0.1, 0.15) is 5.82 Å². The maximum atomic E-state index is 13.6. The number of nitrogens with one attached hydrogen (secondary N) is 1. The summed E-state index contributed by atoms with van der Waals surface area (Å²) >= 11 is 5.62. The number of amides is 2. The summed E-state index contributed by atoms with van der Waals surface area (Å²) in [4.78, 5) is 38.0. The SMILES string of the molecule is O=C(NC(C(=O)O)c1ccc(Cl)c(F)c1)C1CCCN(C(=O)C2CC2)C1. The molecule has 2 atom stereocenters. The molecule has 3 rings (SSSR count). The quantitative estimate of drug-likeness (QED) is 0.818. The Morgan fingerprint density at radius 2 is 1.96 bits per heavy atom. The fraction of sp³-hybridized carbons (Fsp3) is 0.500. The van der Waals surface area contributed by atoms with Crippen molar-refractivity contribution in [3.63, 3.8) is 0 Å². The number of hydrogen-bond donors (Lipinski definition) is 2. The zero-order chi connectivity index (χ0) is 18.8. The van der Waals surface area contributed by atoms with Gasteiger partial charge in [-0.15, -0.1) is 0 Å². The second-order valence-corrected chi connectivity index (χ2v) is 7.26. The molecule has 0 radical (unpaired) electrons. The van der Waals surface area contributed by atoms with Gasteiger partial charge in [-0.25, -0.2) is 9.18 Å². The van der Waals surface area contributed by atoms with Crippen LogP contribution in [-0.4, -0.2) is 40.9 Å². The van der Waals surface area contributed by atoms with E-state index in [4.69, 9.17) is 11.6 Å². The average Bonchev–Trinajstić information content (AvgIpc) is 3.46. The summed E-state index contributed by atoms with van der Waals surface area (Å²) in [6.45, 7) is 0.923. The van der Waals surface area contributed by atoms with Crippen LogP contribution in [-0.2, 0) is 14.4 Å². The Morgan fingerprint density at radius 3 is 2.58 bits per heavy atom. The van der Waals surface area contributed by atoms with Crippen LogP contribution in [0.1, 0.15) is 37.3 Å². The van der Waals surface area contributed by atoms with Gasteiger partial charge in [-0.2, -0.15) is 0 Å². The fourth-order valence-electron chi connectivity index (χ4n) is 3.22. The molecule has 1 saturated heterocycles. The Hall–Kier alpha value is -2.15. The summed E-state index contributed by atoms with van der Waals surface area (Å²) in [6.07, 6.45) is 3.08.